The molecule has 0 aliphatic rings. The summed E-state index contributed by atoms with van der Waals surface area (Å²) < 4.78 is 44.9. The minimum atomic E-state index is -1.21. The van der Waals surface area contributed by atoms with Gasteiger partial charge in [-0.3, -0.25) is 0 Å². The van der Waals surface area contributed by atoms with Gasteiger partial charge < -0.3 is 9.73 Å². The van der Waals surface area contributed by atoms with Gasteiger partial charge >= 0.3 is 0 Å². The second-order valence-electron chi connectivity index (χ2n) is 4.55. The molecule has 0 unspecified atom stereocenters. The number of nitrogens with one attached hydrogen (secondary N) is 1. The first-order valence-electron chi connectivity index (χ1n) is 5.94. The largest absolute Gasteiger partial charge is 0.460 e. The number of rotatable bonds is 4. The Morgan fingerprint density at radius 3 is 2.42 bits per heavy atom. The Morgan fingerprint density at radius 1 is 1.05 bits per heavy atom. The molecule has 2 nitrogen and oxygen atoms in total. The number of benzene rings is 1. The van der Waals surface area contributed by atoms with Crippen LogP contribution < -0.4 is 5.32 Å². The van der Waals surface area contributed by atoms with Gasteiger partial charge in [0.2, 0.25) is 0 Å². The molecule has 0 amide bonds. The van der Waals surface area contributed by atoms with Crippen molar-refractivity contribution in [3.8, 4) is 11.3 Å². The van der Waals surface area contributed by atoms with Crippen LogP contribution in [0.2, 0.25) is 0 Å². The molecule has 0 radical (unpaired) electrons. The lowest BCUT2D eigenvalue weighted by Gasteiger charge is -2.05. The summed E-state index contributed by atoms with van der Waals surface area (Å²) in [5.41, 5.74) is -0.0882. The van der Waals surface area contributed by atoms with E-state index in [4.69, 9.17) is 4.42 Å². The van der Waals surface area contributed by atoms with Crippen LogP contribution in [-0.2, 0) is 6.54 Å². The molecule has 5 heteroatoms. The van der Waals surface area contributed by atoms with E-state index in [1.807, 2.05) is 13.8 Å². The average molecular weight is 269 g/mol. The third kappa shape index (κ3) is 3.17. The lowest BCUT2D eigenvalue weighted by molar-refractivity contribution is 0.467. The molecule has 2 aromatic rings. The monoisotopic (exact) mass is 269 g/mol. The highest BCUT2D eigenvalue weighted by atomic mass is 19.2. The first-order chi connectivity index (χ1) is 8.97. The van der Waals surface area contributed by atoms with Gasteiger partial charge in [0.25, 0.3) is 0 Å². The summed E-state index contributed by atoms with van der Waals surface area (Å²) in [6, 6.07) is 4.80. The third-order valence-corrected chi connectivity index (χ3v) is 2.62. The SMILES string of the molecule is CC(C)NCc1ccc(-c2cc(F)c(F)cc2F)o1. The van der Waals surface area contributed by atoms with Crippen LogP contribution in [-0.4, -0.2) is 6.04 Å². The Kier molecular flexibility index (Phi) is 3.95. The van der Waals surface area contributed by atoms with Gasteiger partial charge in [-0.1, -0.05) is 13.8 Å². The summed E-state index contributed by atoms with van der Waals surface area (Å²) in [6.07, 6.45) is 0. The predicted molar refractivity (Wildman–Crippen MR) is 66.0 cm³/mol. The van der Waals surface area contributed by atoms with Crippen LogP contribution in [0, 0.1) is 17.5 Å². The second-order valence-corrected chi connectivity index (χ2v) is 4.55. The second kappa shape index (κ2) is 5.48. The van der Waals surface area contributed by atoms with Crippen molar-refractivity contribution in [1.29, 1.82) is 0 Å². The lowest BCUT2D eigenvalue weighted by atomic mass is 10.1. The van der Waals surface area contributed by atoms with Gasteiger partial charge in [-0.2, -0.15) is 0 Å². The highest BCUT2D eigenvalue weighted by molar-refractivity contribution is 5.58. The van der Waals surface area contributed by atoms with Gasteiger partial charge in [-0.15, -0.1) is 0 Å². The fraction of sp³-hybridized carbons (Fsp3) is 0.286. The van der Waals surface area contributed by atoms with Gasteiger partial charge in [-0.05, 0) is 18.2 Å². The molecule has 19 heavy (non-hydrogen) atoms. The van der Waals surface area contributed by atoms with E-state index in [0.717, 1.165) is 6.07 Å². The van der Waals surface area contributed by atoms with Gasteiger partial charge in [-0.25, -0.2) is 13.2 Å². The van der Waals surface area contributed by atoms with Gasteiger partial charge in [0.1, 0.15) is 17.3 Å². The van der Waals surface area contributed by atoms with E-state index in [0.29, 0.717) is 18.4 Å². The molecule has 1 N–H and O–H groups in total. The summed E-state index contributed by atoms with van der Waals surface area (Å²) in [5.74, 6) is -2.38. The van der Waals surface area contributed by atoms with Crippen molar-refractivity contribution in [3.63, 3.8) is 0 Å². The molecular weight excluding hydrogens is 255 g/mol. The standard InChI is InChI=1S/C14H14F3NO/c1-8(2)18-7-9-3-4-14(19-9)10-5-12(16)13(17)6-11(10)15/h3-6,8,18H,7H2,1-2H3. The van der Waals surface area contributed by atoms with Crippen LogP contribution >= 0.6 is 0 Å². The zero-order chi connectivity index (χ0) is 14.0. The number of furan rings is 1. The highest BCUT2D eigenvalue weighted by Crippen LogP contribution is 2.27. The first-order valence-corrected chi connectivity index (χ1v) is 5.94. The molecule has 0 fully saturated rings. The van der Waals surface area contributed by atoms with Crippen LogP contribution in [0.5, 0.6) is 0 Å². The van der Waals surface area contributed by atoms with Crippen molar-refractivity contribution >= 4 is 0 Å². The molecule has 1 aromatic heterocycles. The summed E-state index contributed by atoms with van der Waals surface area (Å²) in [7, 11) is 0. The number of hydrogen-bond acceptors (Lipinski definition) is 2. The summed E-state index contributed by atoms with van der Waals surface area (Å²) in [5, 5.41) is 3.14. The molecule has 1 aromatic carbocycles. The average Bonchev–Trinajstić information content (AvgIpc) is 2.80. The molecule has 1 heterocycles. The zero-order valence-corrected chi connectivity index (χ0v) is 10.6. The minimum Gasteiger partial charge on any atom is -0.460 e. The molecule has 0 saturated heterocycles. The maximum absolute atomic E-state index is 13.6. The number of hydrogen-bond donors (Lipinski definition) is 1. The smallest absolute Gasteiger partial charge is 0.161 e. The molecule has 2 rings (SSSR count). The lowest BCUT2D eigenvalue weighted by Crippen LogP contribution is -2.21. The molecule has 0 aliphatic carbocycles. The Hall–Kier alpha value is -1.75. The first kappa shape index (κ1) is 13.7. The van der Waals surface area contributed by atoms with Crippen molar-refractivity contribution in [2.24, 2.45) is 0 Å². The Balaban J connectivity index is 2.25. The summed E-state index contributed by atoms with van der Waals surface area (Å²) >= 11 is 0. The molecular formula is C14H14F3NO. The maximum atomic E-state index is 13.6. The topological polar surface area (TPSA) is 25.2 Å². The Morgan fingerprint density at radius 2 is 1.74 bits per heavy atom. The van der Waals surface area contributed by atoms with Gasteiger partial charge in [0, 0.05) is 12.1 Å². The highest BCUT2D eigenvalue weighted by Gasteiger charge is 2.14. The predicted octanol–water partition coefficient (Wildman–Crippen LogP) is 3.86. The van der Waals surface area contributed by atoms with E-state index in [1.165, 1.54) is 6.07 Å². The van der Waals surface area contributed by atoms with Gasteiger partial charge in [0.05, 0.1) is 12.1 Å². The maximum Gasteiger partial charge on any atom is 0.161 e. The Labute approximate surface area is 109 Å². The van der Waals surface area contributed by atoms with E-state index in [2.05, 4.69) is 5.32 Å². The Bertz CT molecular complexity index is 578. The quantitative estimate of drug-likeness (QED) is 0.852. The molecule has 0 atom stereocenters. The van der Waals surface area contributed by atoms with Crippen molar-refractivity contribution in [3.05, 3.63) is 47.5 Å². The van der Waals surface area contributed by atoms with Crippen LogP contribution in [0.1, 0.15) is 19.6 Å². The van der Waals surface area contributed by atoms with E-state index < -0.39 is 17.5 Å². The molecule has 0 spiro atoms. The molecule has 0 bridgehead atoms. The van der Waals surface area contributed by atoms with Crippen molar-refractivity contribution in [2.45, 2.75) is 26.4 Å². The summed E-state index contributed by atoms with van der Waals surface area (Å²) in [4.78, 5) is 0. The normalized spacial score (nSPS) is 11.3. The minimum absolute atomic E-state index is 0.0882. The van der Waals surface area contributed by atoms with Crippen molar-refractivity contribution in [1.82, 2.24) is 5.32 Å². The third-order valence-electron chi connectivity index (χ3n) is 2.62. The van der Waals surface area contributed by atoms with Crippen LogP contribution in [0.4, 0.5) is 13.2 Å². The van der Waals surface area contributed by atoms with E-state index in [-0.39, 0.29) is 17.4 Å². The van der Waals surface area contributed by atoms with Crippen LogP contribution in [0.3, 0.4) is 0 Å². The van der Waals surface area contributed by atoms with Crippen molar-refractivity contribution < 1.29 is 17.6 Å². The zero-order valence-electron chi connectivity index (χ0n) is 10.6. The molecule has 102 valence electrons. The molecule has 0 saturated carbocycles. The number of halogens is 3. The van der Waals surface area contributed by atoms with E-state index in [9.17, 15) is 13.2 Å². The van der Waals surface area contributed by atoms with Gasteiger partial charge in [0.15, 0.2) is 11.6 Å². The van der Waals surface area contributed by atoms with E-state index in [1.54, 1.807) is 6.07 Å². The fourth-order valence-electron chi connectivity index (χ4n) is 1.63. The van der Waals surface area contributed by atoms with Crippen molar-refractivity contribution in [2.75, 3.05) is 0 Å². The van der Waals surface area contributed by atoms with Crippen LogP contribution in [0.15, 0.2) is 28.7 Å². The summed E-state index contributed by atoms with van der Waals surface area (Å²) in [6.45, 7) is 4.46. The fourth-order valence-corrected chi connectivity index (χ4v) is 1.63. The van der Waals surface area contributed by atoms with Crippen LogP contribution in [0.25, 0.3) is 11.3 Å². The molecule has 0 aliphatic heterocycles. The van der Waals surface area contributed by atoms with E-state index >= 15 is 0 Å².